The number of likely N-dealkylation sites (tertiary alicyclic amines) is 1. The molecule has 49 heavy (non-hydrogen) atoms. The summed E-state index contributed by atoms with van der Waals surface area (Å²) in [7, 11) is 1.52. The zero-order valence-corrected chi connectivity index (χ0v) is 29.2. The average molecular weight is 682 g/mol. The molecule has 3 amide bonds. The van der Waals surface area contributed by atoms with Crippen LogP contribution >= 0.6 is 0 Å². The first-order valence-electron chi connectivity index (χ1n) is 17.9. The Morgan fingerprint density at radius 3 is 2.57 bits per heavy atom. The lowest BCUT2D eigenvalue weighted by molar-refractivity contribution is -0.163. The van der Waals surface area contributed by atoms with Gasteiger partial charge >= 0.3 is 5.97 Å². The molecule has 11 heteroatoms. The smallest absolute Gasteiger partial charge is 0.313 e. The minimum absolute atomic E-state index is 0.0844. The molecule has 4 rings (SSSR count). The molecule has 2 N–H and O–H groups in total. The molecule has 0 radical (unpaired) electrons. The second kappa shape index (κ2) is 18.5. The number of amides is 3. The standard InChI is InChI=1S/C38H55N3O8/c1-5-8-19-30(43)39-28(26-47-4)33(27-17-13-12-14-18-27)48-37(46)31-29-20-21-38(49-29)32(31)35(44)41(24-15-10-11-16-25-42)34(38)36(45)40(22-7-3)23-9-6-2/h5,7,12-14,17-18,28-29,31-34,42H,1,3,6,8-11,15-16,19-26H2,2,4H3,(H,39,43)/t28-,29+,31-,32-,33-,34+,38-/m1/s1. The van der Waals surface area contributed by atoms with Crippen LogP contribution in [-0.4, -0.2) is 102 Å². The third-order valence-electron chi connectivity index (χ3n) is 10.1. The number of aliphatic hydroxyl groups excluding tert-OH is 1. The number of unbranched alkanes of at least 4 members (excludes halogenated alkanes) is 4. The van der Waals surface area contributed by atoms with Gasteiger partial charge in [-0.05, 0) is 44.1 Å². The Morgan fingerprint density at radius 1 is 1.14 bits per heavy atom. The molecule has 7 atom stereocenters. The highest BCUT2D eigenvalue weighted by Crippen LogP contribution is 2.59. The van der Waals surface area contributed by atoms with E-state index < -0.39 is 47.7 Å². The lowest BCUT2D eigenvalue weighted by Crippen LogP contribution is -2.56. The summed E-state index contributed by atoms with van der Waals surface area (Å²) in [6, 6.07) is 7.61. The van der Waals surface area contributed by atoms with Gasteiger partial charge in [0.05, 0.1) is 30.6 Å². The number of fused-ring (bicyclic) bond motifs is 1. The average Bonchev–Trinajstić information content (AvgIpc) is 3.75. The van der Waals surface area contributed by atoms with Gasteiger partial charge in [-0.25, -0.2) is 0 Å². The van der Waals surface area contributed by atoms with Gasteiger partial charge in [0.25, 0.3) is 0 Å². The van der Waals surface area contributed by atoms with E-state index in [-0.39, 0.29) is 37.4 Å². The molecule has 1 aromatic rings. The summed E-state index contributed by atoms with van der Waals surface area (Å²) in [4.78, 5) is 59.5. The van der Waals surface area contributed by atoms with Crippen LogP contribution in [0, 0.1) is 11.8 Å². The van der Waals surface area contributed by atoms with Crippen molar-refractivity contribution in [1.82, 2.24) is 15.1 Å². The number of nitrogens with zero attached hydrogens (tertiary/aromatic N) is 2. The van der Waals surface area contributed by atoms with Crippen molar-refractivity contribution in [3.63, 3.8) is 0 Å². The third kappa shape index (κ3) is 8.61. The second-order valence-corrected chi connectivity index (χ2v) is 13.4. The maximum Gasteiger partial charge on any atom is 0.313 e. The van der Waals surface area contributed by atoms with Crippen molar-refractivity contribution in [3.05, 3.63) is 61.2 Å². The Bertz CT molecular complexity index is 1290. The second-order valence-electron chi connectivity index (χ2n) is 13.4. The highest BCUT2D eigenvalue weighted by Gasteiger charge is 2.75. The van der Waals surface area contributed by atoms with E-state index in [1.807, 2.05) is 30.3 Å². The third-order valence-corrected chi connectivity index (χ3v) is 10.1. The summed E-state index contributed by atoms with van der Waals surface area (Å²) in [6.45, 7) is 11.0. The number of carbonyl (C=O) groups excluding carboxylic acids is 4. The highest BCUT2D eigenvalue weighted by atomic mass is 16.6. The van der Waals surface area contributed by atoms with Crippen LogP contribution in [0.1, 0.15) is 82.8 Å². The summed E-state index contributed by atoms with van der Waals surface area (Å²) >= 11 is 0. The predicted octanol–water partition coefficient (Wildman–Crippen LogP) is 4.11. The van der Waals surface area contributed by atoms with Crippen LogP contribution in [0.15, 0.2) is 55.6 Å². The van der Waals surface area contributed by atoms with Crippen molar-refractivity contribution in [2.75, 3.05) is 40.0 Å². The number of nitrogens with one attached hydrogen (secondary N) is 1. The Balaban J connectivity index is 1.66. The van der Waals surface area contributed by atoms with E-state index in [1.54, 1.807) is 22.0 Å². The summed E-state index contributed by atoms with van der Waals surface area (Å²) in [6.07, 6.45) is 8.26. The first-order valence-corrected chi connectivity index (χ1v) is 17.9. The Kier molecular flexibility index (Phi) is 14.4. The van der Waals surface area contributed by atoms with Crippen LogP contribution < -0.4 is 5.32 Å². The molecule has 3 fully saturated rings. The molecular weight excluding hydrogens is 626 g/mol. The zero-order chi connectivity index (χ0) is 35.4. The fourth-order valence-corrected chi connectivity index (χ4v) is 7.78. The molecule has 0 unspecified atom stereocenters. The molecule has 3 heterocycles. The molecule has 1 aromatic carbocycles. The Hall–Kier alpha value is -3.54. The van der Waals surface area contributed by atoms with Crippen LogP contribution in [0.3, 0.4) is 0 Å². The molecule has 3 aliphatic heterocycles. The highest BCUT2D eigenvalue weighted by molar-refractivity contribution is 5.98. The monoisotopic (exact) mass is 681 g/mol. The summed E-state index contributed by atoms with van der Waals surface area (Å²) in [5.41, 5.74) is -0.473. The number of aliphatic hydroxyl groups is 1. The number of carbonyl (C=O) groups is 4. The number of hydrogen-bond acceptors (Lipinski definition) is 8. The number of allylic oxidation sites excluding steroid dienone is 1. The van der Waals surface area contributed by atoms with E-state index in [0.29, 0.717) is 57.3 Å². The molecule has 3 aliphatic rings. The maximum absolute atomic E-state index is 14.5. The normalized spacial score (nSPS) is 25.0. The zero-order valence-electron chi connectivity index (χ0n) is 29.2. The Morgan fingerprint density at radius 2 is 1.90 bits per heavy atom. The number of esters is 1. The Labute approximate surface area is 291 Å². The van der Waals surface area contributed by atoms with Gasteiger partial charge in [0.15, 0.2) is 0 Å². The van der Waals surface area contributed by atoms with Gasteiger partial charge in [0, 0.05) is 39.8 Å². The van der Waals surface area contributed by atoms with Crippen LogP contribution in [0.2, 0.25) is 0 Å². The first-order chi connectivity index (χ1) is 23.8. The van der Waals surface area contributed by atoms with E-state index in [1.165, 1.54) is 7.11 Å². The van der Waals surface area contributed by atoms with Crippen molar-refractivity contribution < 1.29 is 38.5 Å². The first kappa shape index (κ1) is 38.3. The van der Waals surface area contributed by atoms with E-state index in [0.717, 1.165) is 25.7 Å². The SMILES string of the molecule is C=CCCC(=O)N[C@H](COC)[C@H](OC(=O)[C@@H]1[C@@H]2CC[C@]3(O2)[C@H](C(=O)N(CC=C)CCCC)N(CCCCCCO)C(=O)[C@@H]13)c1ccccc1. The van der Waals surface area contributed by atoms with Gasteiger partial charge in [-0.15, -0.1) is 13.2 Å². The molecule has 1 spiro atoms. The molecule has 11 nitrogen and oxygen atoms in total. The molecular formula is C38H55N3O8. The van der Waals surface area contributed by atoms with Gasteiger partial charge in [-0.3, -0.25) is 19.2 Å². The molecule has 0 saturated carbocycles. The number of rotatable bonds is 22. The van der Waals surface area contributed by atoms with Crippen LogP contribution in [0.4, 0.5) is 0 Å². The van der Waals surface area contributed by atoms with E-state index in [9.17, 15) is 24.3 Å². The quantitative estimate of drug-likeness (QED) is 0.106. The molecule has 0 aromatic heterocycles. The molecule has 3 saturated heterocycles. The van der Waals surface area contributed by atoms with Gasteiger partial charge < -0.3 is 34.4 Å². The van der Waals surface area contributed by atoms with Crippen molar-refractivity contribution in [1.29, 1.82) is 0 Å². The topological polar surface area (TPSA) is 135 Å². The van der Waals surface area contributed by atoms with E-state index >= 15 is 0 Å². The summed E-state index contributed by atoms with van der Waals surface area (Å²) < 4.78 is 18.4. The van der Waals surface area contributed by atoms with Crippen molar-refractivity contribution >= 4 is 23.7 Å². The van der Waals surface area contributed by atoms with Crippen molar-refractivity contribution in [2.45, 2.75) is 101 Å². The van der Waals surface area contributed by atoms with Crippen molar-refractivity contribution in [3.8, 4) is 0 Å². The number of hydrogen-bond donors (Lipinski definition) is 2. The van der Waals surface area contributed by atoms with Crippen molar-refractivity contribution in [2.24, 2.45) is 11.8 Å². The predicted molar refractivity (Wildman–Crippen MR) is 185 cm³/mol. The minimum Gasteiger partial charge on any atom is -0.455 e. The lowest BCUT2D eigenvalue weighted by atomic mass is 9.70. The summed E-state index contributed by atoms with van der Waals surface area (Å²) in [5.74, 6) is -3.05. The van der Waals surface area contributed by atoms with Crippen LogP contribution in [0.25, 0.3) is 0 Å². The summed E-state index contributed by atoms with van der Waals surface area (Å²) in [5, 5.41) is 12.2. The molecule has 0 aliphatic carbocycles. The largest absolute Gasteiger partial charge is 0.455 e. The number of methoxy groups -OCH3 is 1. The van der Waals surface area contributed by atoms with Crippen LogP contribution in [-0.2, 0) is 33.4 Å². The fourth-order valence-electron chi connectivity index (χ4n) is 7.78. The van der Waals surface area contributed by atoms with Gasteiger partial charge in [0.1, 0.15) is 17.7 Å². The fraction of sp³-hybridized carbons (Fsp3) is 0.632. The molecule has 270 valence electrons. The van der Waals surface area contributed by atoms with Gasteiger partial charge in [-0.1, -0.05) is 68.7 Å². The number of benzene rings is 1. The maximum atomic E-state index is 14.5. The molecule has 2 bridgehead atoms. The van der Waals surface area contributed by atoms with E-state index in [2.05, 4.69) is 25.4 Å². The van der Waals surface area contributed by atoms with E-state index in [4.69, 9.17) is 14.2 Å². The lowest BCUT2D eigenvalue weighted by Gasteiger charge is -2.37. The van der Waals surface area contributed by atoms with Gasteiger partial charge in [0.2, 0.25) is 17.7 Å². The number of ether oxygens (including phenoxy) is 3. The minimum atomic E-state index is -1.15. The van der Waals surface area contributed by atoms with Gasteiger partial charge in [-0.2, -0.15) is 0 Å². The van der Waals surface area contributed by atoms with Crippen LogP contribution in [0.5, 0.6) is 0 Å².